The van der Waals surface area contributed by atoms with Crippen molar-refractivity contribution in [3.05, 3.63) is 78.5 Å². The molecule has 1 fully saturated rings. The lowest BCUT2D eigenvalue weighted by molar-refractivity contribution is 0.00446. The van der Waals surface area contributed by atoms with Gasteiger partial charge in [0.15, 0.2) is 0 Å². The topological polar surface area (TPSA) is 149 Å². The maximum absolute atomic E-state index is 10.7. The monoisotopic (exact) mass is 569 g/mol. The van der Waals surface area contributed by atoms with E-state index in [0.29, 0.717) is 23.9 Å². The van der Waals surface area contributed by atoms with Gasteiger partial charge in [-0.05, 0) is 49.1 Å². The molecule has 1 aliphatic rings. The Morgan fingerprint density at radius 1 is 0.951 bits per heavy atom. The lowest BCUT2D eigenvalue weighted by Crippen LogP contribution is -2.35. The molecule has 0 spiro atoms. The van der Waals surface area contributed by atoms with Crippen molar-refractivity contribution >= 4 is 33.3 Å². The molecule has 5 N–H and O–H groups in total. The van der Waals surface area contributed by atoms with E-state index in [9.17, 15) is 15.3 Å². The molecule has 0 unspecified atom stereocenters. The minimum Gasteiger partial charge on any atom is -0.396 e. The van der Waals surface area contributed by atoms with Crippen LogP contribution in [0.15, 0.2) is 67.3 Å². The summed E-state index contributed by atoms with van der Waals surface area (Å²) in [6.07, 6.45) is 5.37. The molecule has 210 valence electrons. The van der Waals surface area contributed by atoms with Crippen LogP contribution in [0.25, 0.3) is 31.9 Å². The second-order valence-corrected chi connectivity index (χ2v) is 11.4. The van der Waals surface area contributed by atoms with Crippen LogP contribution in [0.2, 0.25) is 0 Å². The summed E-state index contributed by atoms with van der Waals surface area (Å²) in [6, 6.07) is 13.5. The van der Waals surface area contributed by atoms with Crippen LogP contribution in [-0.2, 0) is 0 Å². The third kappa shape index (κ3) is 5.49. The van der Waals surface area contributed by atoms with Crippen molar-refractivity contribution in [2.45, 2.75) is 44.6 Å². The standard InChI is InChI=1S/C30H31N7O3S/c1-16(18-5-7-19(8-6-18)20-4-3-10-31-13-20)33-30-34-17(2)25(29-36-23-14-32-11-9-24(23)41-29)28(37-30)35-22-12-21(15-38)26(39)27(22)40/h3-11,13-14,16,21-22,26-27,38-40H,12,15H2,1-2H3,(H2,33,34,35,37)/t16-,21-,22-,26-,27+/m1/s1. The van der Waals surface area contributed by atoms with Gasteiger partial charge in [0.2, 0.25) is 5.95 Å². The Morgan fingerprint density at radius 2 is 1.76 bits per heavy atom. The van der Waals surface area contributed by atoms with E-state index in [4.69, 9.17) is 15.0 Å². The van der Waals surface area contributed by atoms with Crippen LogP contribution < -0.4 is 10.6 Å². The van der Waals surface area contributed by atoms with Crippen molar-refractivity contribution in [3.8, 4) is 21.7 Å². The molecule has 10 nitrogen and oxygen atoms in total. The summed E-state index contributed by atoms with van der Waals surface area (Å²) >= 11 is 1.51. The van der Waals surface area contributed by atoms with E-state index in [2.05, 4.69) is 44.9 Å². The van der Waals surface area contributed by atoms with Crippen LogP contribution >= 0.6 is 11.3 Å². The molecule has 4 aromatic heterocycles. The number of benzene rings is 1. The number of thiazole rings is 1. The minimum absolute atomic E-state index is 0.0952. The molecule has 1 saturated carbocycles. The van der Waals surface area contributed by atoms with Gasteiger partial charge in [0.25, 0.3) is 0 Å². The number of rotatable bonds is 8. The number of aromatic nitrogens is 5. The fraction of sp³-hybridized carbons (Fsp3) is 0.300. The number of anilines is 2. The highest BCUT2D eigenvalue weighted by atomic mass is 32.1. The van der Waals surface area contributed by atoms with Gasteiger partial charge in [-0.15, -0.1) is 11.3 Å². The van der Waals surface area contributed by atoms with E-state index in [-0.39, 0.29) is 12.6 Å². The summed E-state index contributed by atoms with van der Waals surface area (Å²) in [5, 5.41) is 38.3. The third-order valence-corrected chi connectivity index (χ3v) is 8.66. The Morgan fingerprint density at radius 3 is 2.46 bits per heavy atom. The summed E-state index contributed by atoms with van der Waals surface area (Å²) in [6.45, 7) is 3.74. The van der Waals surface area contributed by atoms with Crippen molar-refractivity contribution in [1.29, 1.82) is 0 Å². The van der Waals surface area contributed by atoms with Gasteiger partial charge in [0, 0.05) is 31.1 Å². The second kappa shape index (κ2) is 11.5. The Hall–Kier alpha value is -4.03. The van der Waals surface area contributed by atoms with Crippen molar-refractivity contribution in [3.63, 3.8) is 0 Å². The number of aliphatic hydroxyl groups excluding tert-OH is 3. The normalized spacial score (nSPS) is 21.2. The average Bonchev–Trinajstić information content (AvgIpc) is 3.53. The van der Waals surface area contributed by atoms with Crippen molar-refractivity contribution in [2.75, 3.05) is 17.2 Å². The zero-order chi connectivity index (χ0) is 28.5. The number of nitrogens with one attached hydrogen (secondary N) is 2. The number of hydrogen-bond acceptors (Lipinski definition) is 11. The van der Waals surface area contributed by atoms with Crippen LogP contribution in [0.3, 0.4) is 0 Å². The summed E-state index contributed by atoms with van der Waals surface area (Å²) < 4.78 is 0.988. The number of fused-ring (bicyclic) bond motifs is 1. The molecule has 5 aromatic rings. The molecule has 5 atom stereocenters. The number of nitrogens with zero attached hydrogens (tertiary/aromatic N) is 5. The van der Waals surface area contributed by atoms with E-state index in [1.807, 2.05) is 38.2 Å². The first-order chi connectivity index (χ1) is 19.9. The average molecular weight is 570 g/mol. The lowest BCUT2D eigenvalue weighted by atomic mass is 10.0. The zero-order valence-electron chi connectivity index (χ0n) is 22.6. The zero-order valence-corrected chi connectivity index (χ0v) is 23.5. The molecule has 0 saturated heterocycles. The van der Waals surface area contributed by atoms with E-state index >= 15 is 0 Å². The molecular formula is C30H31N7O3S. The van der Waals surface area contributed by atoms with Gasteiger partial charge in [0.1, 0.15) is 22.4 Å². The van der Waals surface area contributed by atoms with Crippen LogP contribution in [0, 0.1) is 12.8 Å². The van der Waals surface area contributed by atoms with Crippen molar-refractivity contribution in [1.82, 2.24) is 24.9 Å². The summed E-state index contributed by atoms with van der Waals surface area (Å²) in [5.41, 5.74) is 5.42. The van der Waals surface area contributed by atoms with Gasteiger partial charge < -0.3 is 26.0 Å². The largest absolute Gasteiger partial charge is 0.396 e. The molecule has 1 aromatic carbocycles. The van der Waals surface area contributed by atoms with Gasteiger partial charge in [-0.3, -0.25) is 9.97 Å². The molecule has 6 rings (SSSR count). The highest BCUT2D eigenvalue weighted by molar-refractivity contribution is 7.21. The quantitative estimate of drug-likeness (QED) is 0.184. The van der Waals surface area contributed by atoms with Gasteiger partial charge in [0.05, 0.1) is 40.3 Å². The maximum Gasteiger partial charge on any atom is 0.225 e. The Kier molecular flexibility index (Phi) is 7.59. The van der Waals surface area contributed by atoms with Gasteiger partial charge in [-0.1, -0.05) is 30.3 Å². The minimum atomic E-state index is -1.05. The molecular weight excluding hydrogens is 538 g/mol. The molecule has 0 amide bonds. The highest BCUT2D eigenvalue weighted by Crippen LogP contribution is 2.38. The summed E-state index contributed by atoms with van der Waals surface area (Å²) in [5.74, 6) is 0.503. The number of hydrogen-bond donors (Lipinski definition) is 5. The van der Waals surface area contributed by atoms with Crippen LogP contribution in [0.5, 0.6) is 0 Å². The smallest absolute Gasteiger partial charge is 0.225 e. The van der Waals surface area contributed by atoms with Crippen molar-refractivity contribution in [2.24, 2.45) is 5.92 Å². The van der Waals surface area contributed by atoms with Crippen LogP contribution in [0.4, 0.5) is 11.8 Å². The van der Waals surface area contributed by atoms with E-state index < -0.39 is 24.2 Å². The third-order valence-electron chi connectivity index (χ3n) is 7.60. The molecule has 4 heterocycles. The van der Waals surface area contributed by atoms with Crippen LogP contribution in [0.1, 0.15) is 30.6 Å². The second-order valence-electron chi connectivity index (χ2n) is 10.4. The summed E-state index contributed by atoms with van der Waals surface area (Å²) in [4.78, 5) is 22.8. The first kappa shape index (κ1) is 27.2. The molecule has 0 aliphatic heterocycles. The van der Waals surface area contributed by atoms with E-state index in [1.165, 1.54) is 11.3 Å². The molecule has 11 heteroatoms. The van der Waals surface area contributed by atoms with Gasteiger partial charge >= 0.3 is 0 Å². The Labute approximate surface area is 241 Å². The molecule has 0 radical (unpaired) electrons. The molecule has 41 heavy (non-hydrogen) atoms. The highest BCUT2D eigenvalue weighted by Gasteiger charge is 2.41. The van der Waals surface area contributed by atoms with Crippen LogP contribution in [-0.4, -0.2) is 65.1 Å². The first-order valence-electron chi connectivity index (χ1n) is 13.5. The molecule has 0 bridgehead atoms. The number of aryl methyl sites for hydroxylation is 1. The maximum atomic E-state index is 10.7. The number of pyridine rings is 2. The van der Waals surface area contributed by atoms with Gasteiger partial charge in [-0.25, -0.2) is 9.97 Å². The summed E-state index contributed by atoms with van der Waals surface area (Å²) in [7, 11) is 0. The predicted octanol–water partition coefficient (Wildman–Crippen LogP) is 4.21. The molecule has 1 aliphatic carbocycles. The Bertz CT molecular complexity index is 1610. The SMILES string of the molecule is Cc1nc(N[C@H](C)c2ccc(-c3cccnc3)cc2)nc(N[C@@H]2C[C@H](CO)[C@@H](O)[C@H]2O)c1-c1nc2cnccc2s1. The first-order valence-corrected chi connectivity index (χ1v) is 14.3. The van der Waals surface area contributed by atoms with E-state index in [1.54, 1.807) is 18.6 Å². The Balaban J connectivity index is 1.32. The fourth-order valence-corrected chi connectivity index (χ4v) is 6.31. The van der Waals surface area contributed by atoms with E-state index in [0.717, 1.165) is 37.5 Å². The number of aliphatic hydroxyl groups is 3. The predicted molar refractivity (Wildman–Crippen MR) is 160 cm³/mol. The lowest BCUT2D eigenvalue weighted by Gasteiger charge is -2.22. The van der Waals surface area contributed by atoms with Gasteiger partial charge in [-0.2, -0.15) is 4.98 Å². The fourth-order valence-electron chi connectivity index (χ4n) is 5.28. The van der Waals surface area contributed by atoms with Crippen molar-refractivity contribution < 1.29 is 15.3 Å².